The third-order valence-corrected chi connectivity index (χ3v) is 3.79. The largest absolute Gasteiger partial charge is 0.508 e. The first-order valence-electron chi connectivity index (χ1n) is 8.49. The third kappa shape index (κ3) is 7.31. The zero-order valence-electron chi connectivity index (χ0n) is 14.3. The number of hydrogen-bond acceptors (Lipinski definition) is 1. The second-order valence-corrected chi connectivity index (χ2v) is 5.80. The Hall–Kier alpha value is -1.76. The first-order chi connectivity index (χ1) is 10.7. The number of para-hydroxylation sites is 1. The van der Waals surface area contributed by atoms with Gasteiger partial charge in [0.15, 0.2) is 0 Å². The molecule has 0 bridgehead atoms. The van der Waals surface area contributed by atoms with Crippen LogP contribution in [-0.4, -0.2) is 5.11 Å². The molecule has 0 heterocycles. The lowest BCUT2D eigenvalue weighted by Crippen LogP contribution is -1.93. The predicted molar refractivity (Wildman–Crippen MR) is 96.5 cm³/mol. The number of hydrogen-bond donors (Lipinski definition) is 1. The minimum atomic E-state index is 0.322. The molecule has 1 nitrogen and oxygen atoms in total. The molecule has 22 heavy (non-hydrogen) atoms. The predicted octanol–water partition coefficient (Wildman–Crippen LogP) is 6.07. The molecule has 0 atom stereocenters. The topological polar surface area (TPSA) is 20.2 Å². The molecule has 0 saturated heterocycles. The van der Waals surface area contributed by atoms with Crippen LogP contribution in [0.5, 0.6) is 5.75 Å². The van der Waals surface area contributed by atoms with E-state index in [9.17, 15) is 0 Å². The van der Waals surface area contributed by atoms with Gasteiger partial charge in [-0.2, -0.15) is 0 Å². The number of phenolic OH excluding ortho intramolecular Hbond substituents is 1. The molecule has 0 unspecified atom stereocenters. The maximum atomic E-state index is 8.63. The maximum absolute atomic E-state index is 8.63. The van der Waals surface area contributed by atoms with Crippen molar-refractivity contribution in [3.8, 4) is 5.75 Å². The van der Waals surface area contributed by atoms with Gasteiger partial charge in [0.2, 0.25) is 0 Å². The van der Waals surface area contributed by atoms with E-state index in [2.05, 4.69) is 39.0 Å². The van der Waals surface area contributed by atoms with Crippen LogP contribution in [0.25, 0.3) is 0 Å². The van der Waals surface area contributed by atoms with Crippen LogP contribution in [0.4, 0.5) is 0 Å². The van der Waals surface area contributed by atoms with Crippen LogP contribution in [0.1, 0.15) is 56.2 Å². The van der Waals surface area contributed by atoms with Gasteiger partial charge in [0.25, 0.3) is 0 Å². The smallest absolute Gasteiger partial charge is 0.115 e. The Morgan fingerprint density at radius 2 is 1.45 bits per heavy atom. The van der Waals surface area contributed by atoms with Crippen LogP contribution in [0.15, 0.2) is 48.5 Å². The highest BCUT2D eigenvalue weighted by atomic mass is 16.3. The Bertz CT molecular complexity index is 517. The lowest BCUT2D eigenvalue weighted by Gasteiger charge is -2.08. The highest BCUT2D eigenvalue weighted by Gasteiger charge is 2.00. The molecule has 0 aromatic heterocycles. The molecule has 2 aromatic rings. The summed E-state index contributed by atoms with van der Waals surface area (Å²) in [4.78, 5) is 0. The number of phenols is 1. The average molecular weight is 298 g/mol. The van der Waals surface area contributed by atoms with E-state index in [0.717, 1.165) is 0 Å². The van der Waals surface area contributed by atoms with Crippen LogP contribution < -0.4 is 0 Å². The summed E-state index contributed by atoms with van der Waals surface area (Å²) in [6, 6.07) is 15.7. The standard InChI is InChI=1S/C15H24.C6H6O/c1-4-6-8-14-11-10-13(3)15(12-14)9-7-5-2;7-6-4-2-1-3-5-6/h10-12H,4-9H2,1-3H3;1-5,7H. The lowest BCUT2D eigenvalue weighted by molar-refractivity contribution is 0.475. The Labute approximate surface area is 136 Å². The summed E-state index contributed by atoms with van der Waals surface area (Å²) in [6.07, 6.45) is 7.71. The SMILES string of the molecule is CCCCc1ccc(C)c(CCCC)c1.Oc1ccccc1. The van der Waals surface area contributed by atoms with E-state index in [1.165, 1.54) is 49.7 Å². The first kappa shape index (κ1) is 18.3. The molecule has 2 rings (SSSR count). The Balaban J connectivity index is 0.000000287. The summed E-state index contributed by atoms with van der Waals surface area (Å²) >= 11 is 0. The molecule has 0 spiro atoms. The summed E-state index contributed by atoms with van der Waals surface area (Å²) in [6.45, 7) is 6.75. The molecule has 0 aliphatic carbocycles. The summed E-state index contributed by atoms with van der Waals surface area (Å²) in [7, 11) is 0. The van der Waals surface area contributed by atoms with Gasteiger partial charge in [-0.25, -0.2) is 0 Å². The summed E-state index contributed by atoms with van der Waals surface area (Å²) < 4.78 is 0. The van der Waals surface area contributed by atoms with Crippen molar-refractivity contribution in [3.63, 3.8) is 0 Å². The van der Waals surface area contributed by atoms with Crippen molar-refractivity contribution >= 4 is 0 Å². The fourth-order valence-corrected chi connectivity index (χ4v) is 2.33. The maximum Gasteiger partial charge on any atom is 0.115 e. The van der Waals surface area contributed by atoms with Crippen LogP contribution in [-0.2, 0) is 12.8 Å². The molecule has 0 fully saturated rings. The number of unbranched alkanes of at least 4 members (excludes halogenated alkanes) is 2. The van der Waals surface area contributed by atoms with Crippen molar-refractivity contribution in [2.45, 2.75) is 59.3 Å². The average Bonchev–Trinajstić information content (AvgIpc) is 2.54. The van der Waals surface area contributed by atoms with E-state index >= 15 is 0 Å². The van der Waals surface area contributed by atoms with Crippen molar-refractivity contribution in [1.82, 2.24) is 0 Å². The van der Waals surface area contributed by atoms with Gasteiger partial charge in [-0.1, -0.05) is 63.1 Å². The minimum absolute atomic E-state index is 0.322. The summed E-state index contributed by atoms with van der Waals surface area (Å²) in [5.41, 5.74) is 4.54. The Morgan fingerprint density at radius 1 is 0.818 bits per heavy atom. The minimum Gasteiger partial charge on any atom is -0.508 e. The van der Waals surface area contributed by atoms with E-state index in [1.54, 1.807) is 29.8 Å². The van der Waals surface area contributed by atoms with Gasteiger partial charge in [0, 0.05) is 0 Å². The van der Waals surface area contributed by atoms with Gasteiger partial charge in [-0.05, 0) is 61.4 Å². The Kier molecular flexibility index (Phi) is 9.06. The van der Waals surface area contributed by atoms with Crippen molar-refractivity contribution in [2.24, 2.45) is 0 Å². The highest BCUT2D eigenvalue weighted by Crippen LogP contribution is 2.15. The molecular formula is C21H30O. The lowest BCUT2D eigenvalue weighted by atomic mass is 9.98. The molecule has 2 aromatic carbocycles. The van der Waals surface area contributed by atoms with Crippen LogP contribution >= 0.6 is 0 Å². The number of aromatic hydroxyl groups is 1. The number of aryl methyl sites for hydroxylation is 3. The second-order valence-electron chi connectivity index (χ2n) is 5.80. The monoisotopic (exact) mass is 298 g/mol. The molecule has 0 aliphatic rings. The molecular weight excluding hydrogens is 268 g/mol. The van der Waals surface area contributed by atoms with E-state index < -0.39 is 0 Å². The van der Waals surface area contributed by atoms with Gasteiger partial charge in [-0.15, -0.1) is 0 Å². The normalized spacial score (nSPS) is 9.95. The van der Waals surface area contributed by atoms with Crippen LogP contribution in [0, 0.1) is 6.92 Å². The number of rotatable bonds is 6. The van der Waals surface area contributed by atoms with E-state index in [1.807, 2.05) is 6.07 Å². The molecule has 0 amide bonds. The van der Waals surface area contributed by atoms with Gasteiger partial charge in [0.05, 0.1) is 0 Å². The molecule has 120 valence electrons. The van der Waals surface area contributed by atoms with E-state index in [0.29, 0.717) is 5.75 Å². The fourth-order valence-electron chi connectivity index (χ4n) is 2.33. The van der Waals surface area contributed by atoms with Crippen molar-refractivity contribution < 1.29 is 5.11 Å². The van der Waals surface area contributed by atoms with Crippen LogP contribution in [0.2, 0.25) is 0 Å². The summed E-state index contributed by atoms with van der Waals surface area (Å²) in [5, 5.41) is 8.63. The highest BCUT2D eigenvalue weighted by molar-refractivity contribution is 5.31. The van der Waals surface area contributed by atoms with Crippen LogP contribution in [0.3, 0.4) is 0 Å². The molecule has 0 saturated carbocycles. The first-order valence-corrected chi connectivity index (χ1v) is 8.49. The van der Waals surface area contributed by atoms with E-state index in [-0.39, 0.29) is 0 Å². The molecule has 0 aliphatic heterocycles. The molecule has 1 heteroatoms. The van der Waals surface area contributed by atoms with Crippen molar-refractivity contribution in [3.05, 3.63) is 65.2 Å². The Morgan fingerprint density at radius 3 is 2.00 bits per heavy atom. The summed E-state index contributed by atoms with van der Waals surface area (Å²) in [5.74, 6) is 0.322. The zero-order valence-corrected chi connectivity index (χ0v) is 14.3. The van der Waals surface area contributed by atoms with Gasteiger partial charge in [0.1, 0.15) is 5.75 Å². The van der Waals surface area contributed by atoms with Gasteiger partial charge >= 0.3 is 0 Å². The molecule has 1 N–H and O–H groups in total. The van der Waals surface area contributed by atoms with Gasteiger partial charge < -0.3 is 5.11 Å². The van der Waals surface area contributed by atoms with E-state index in [4.69, 9.17) is 5.11 Å². The fraction of sp³-hybridized carbons (Fsp3) is 0.429. The number of benzene rings is 2. The van der Waals surface area contributed by atoms with Gasteiger partial charge in [-0.3, -0.25) is 0 Å². The molecule has 0 radical (unpaired) electrons. The zero-order chi connectivity index (χ0) is 16.2. The van der Waals surface area contributed by atoms with Crippen molar-refractivity contribution in [1.29, 1.82) is 0 Å². The quantitative estimate of drug-likeness (QED) is 0.686. The second kappa shape index (κ2) is 10.9. The third-order valence-electron chi connectivity index (χ3n) is 3.79. The van der Waals surface area contributed by atoms with Crippen molar-refractivity contribution in [2.75, 3.05) is 0 Å².